The van der Waals surface area contributed by atoms with E-state index in [1.165, 1.54) is 0 Å². The molecule has 1 aromatic heterocycles. The molecule has 1 rings (SSSR count). The van der Waals surface area contributed by atoms with Crippen molar-refractivity contribution in [2.45, 2.75) is 51.7 Å². The van der Waals surface area contributed by atoms with Crippen LogP contribution in [0.25, 0.3) is 0 Å². The van der Waals surface area contributed by atoms with Gasteiger partial charge in [0.05, 0.1) is 5.60 Å². The molecule has 18 heavy (non-hydrogen) atoms. The Morgan fingerprint density at radius 1 is 1.33 bits per heavy atom. The van der Waals surface area contributed by atoms with Crippen LogP contribution < -0.4 is 5.73 Å². The first kappa shape index (κ1) is 15.6. The molecule has 1 atom stereocenters. The predicted molar refractivity (Wildman–Crippen MR) is 78.6 cm³/mol. The number of rotatable bonds is 7. The molecule has 1 heterocycles. The van der Waals surface area contributed by atoms with Crippen LogP contribution in [-0.4, -0.2) is 23.2 Å². The van der Waals surface area contributed by atoms with Crippen LogP contribution in [0.1, 0.15) is 39.3 Å². The van der Waals surface area contributed by atoms with Gasteiger partial charge in [0.2, 0.25) is 0 Å². The fourth-order valence-corrected chi connectivity index (χ4v) is 2.55. The molecule has 0 amide bonds. The fraction of sp³-hybridized carbons (Fsp3) is 0.643. The monoisotopic (exact) mass is 314 g/mol. The molecule has 0 aliphatic heterocycles. The molecule has 0 radical (unpaired) electrons. The van der Waals surface area contributed by atoms with Crippen LogP contribution in [-0.2, 0) is 11.2 Å². The van der Waals surface area contributed by atoms with Gasteiger partial charge in [0.15, 0.2) is 0 Å². The highest BCUT2D eigenvalue weighted by Crippen LogP contribution is 2.26. The molecule has 0 saturated carbocycles. The first-order chi connectivity index (χ1) is 8.57. The lowest BCUT2D eigenvalue weighted by atomic mass is 9.86. The molecule has 2 N–H and O–H groups in total. The number of hydrogen-bond acceptors (Lipinski definition) is 3. The smallest absolute Gasteiger partial charge is 0.0831 e. The van der Waals surface area contributed by atoms with Gasteiger partial charge in [-0.3, -0.25) is 4.98 Å². The Kier molecular flexibility index (Phi) is 6.26. The standard InChI is InChI=1S/C14H23BrN2O/c1-4-14(5-2,18-6-3)13(16)9-12-8-7-11(15)10-17-12/h7-8,10,13H,4-6,9,16H2,1-3H3. The van der Waals surface area contributed by atoms with E-state index in [0.29, 0.717) is 6.61 Å². The number of hydrogen-bond donors (Lipinski definition) is 1. The van der Waals surface area contributed by atoms with E-state index in [1.807, 2.05) is 25.3 Å². The molecule has 0 spiro atoms. The van der Waals surface area contributed by atoms with Crippen molar-refractivity contribution in [1.29, 1.82) is 0 Å². The van der Waals surface area contributed by atoms with Crippen molar-refractivity contribution in [3.63, 3.8) is 0 Å². The summed E-state index contributed by atoms with van der Waals surface area (Å²) in [5.41, 5.74) is 7.13. The lowest BCUT2D eigenvalue weighted by Gasteiger charge is -2.37. The molecule has 0 aliphatic carbocycles. The van der Waals surface area contributed by atoms with Crippen molar-refractivity contribution in [2.75, 3.05) is 6.61 Å². The molecular weight excluding hydrogens is 292 g/mol. The Balaban J connectivity index is 2.77. The largest absolute Gasteiger partial charge is 0.374 e. The molecule has 0 aromatic carbocycles. The van der Waals surface area contributed by atoms with E-state index in [4.69, 9.17) is 10.5 Å². The molecule has 1 aromatic rings. The summed E-state index contributed by atoms with van der Waals surface area (Å²) in [7, 11) is 0. The normalized spacial score (nSPS) is 13.6. The minimum atomic E-state index is -0.233. The third kappa shape index (κ3) is 3.77. The zero-order valence-corrected chi connectivity index (χ0v) is 13.0. The zero-order chi connectivity index (χ0) is 13.6. The van der Waals surface area contributed by atoms with E-state index in [1.54, 1.807) is 0 Å². The maximum atomic E-state index is 6.35. The second kappa shape index (κ2) is 7.22. The van der Waals surface area contributed by atoms with Crippen LogP contribution in [0, 0.1) is 0 Å². The Morgan fingerprint density at radius 3 is 2.44 bits per heavy atom. The van der Waals surface area contributed by atoms with Gasteiger partial charge in [-0.25, -0.2) is 0 Å². The van der Waals surface area contributed by atoms with Crippen LogP contribution in [0.2, 0.25) is 0 Å². The highest BCUT2D eigenvalue weighted by molar-refractivity contribution is 9.10. The number of nitrogens with two attached hydrogens (primary N) is 1. The summed E-state index contributed by atoms with van der Waals surface area (Å²) >= 11 is 3.38. The summed E-state index contributed by atoms with van der Waals surface area (Å²) in [5.74, 6) is 0. The van der Waals surface area contributed by atoms with E-state index in [0.717, 1.165) is 29.4 Å². The highest BCUT2D eigenvalue weighted by atomic mass is 79.9. The third-order valence-electron chi connectivity index (χ3n) is 3.52. The average Bonchev–Trinajstić information content (AvgIpc) is 2.38. The van der Waals surface area contributed by atoms with Crippen LogP contribution in [0.15, 0.2) is 22.8 Å². The molecule has 0 fully saturated rings. The van der Waals surface area contributed by atoms with E-state index in [2.05, 4.69) is 34.8 Å². The number of ether oxygens (including phenoxy) is 1. The van der Waals surface area contributed by atoms with Gasteiger partial charge in [0, 0.05) is 35.4 Å². The SMILES string of the molecule is CCOC(CC)(CC)C(N)Cc1ccc(Br)cn1. The maximum absolute atomic E-state index is 6.35. The topological polar surface area (TPSA) is 48.1 Å². The van der Waals surface area contributed by atoms with Crippen LogP contribution in [0.5, 0.6) is 0 Å². The van der Waals surface area contributed by atoms with Crippen molar-refractivity contribution in [3.05, 3.63) is 28.5 Å². The molecule has 0 aliphatic rings. The van der Waals surface area contributed by atoms with Crippen LogP contribution in [0.4, 0.5) is 0 Å². The van der Waals surface area contributed by atoms with Gasteiger partial charge in [0.25, 0.3) is 0 Å². The average molecular weight is 315 g/mol. The van der Waals surface area contributed by atoms with Gasteiger partial charge in [-0.1, -0.05) is 13.8 Å². The van der Waals surface area contributed by atoms with Crippen LogP contribution in [0.3, 0.4) is 0 Å². The Morgan fingerprint density at radius 2 is 2.00 bits per heavy atom. The molecule has 102 valence electrons. The molecule has 4 heteroatoms. The Bertz CT molecular complexity index is 349. The predicted octanol–water partition coefficient (Wildman–Crippen LogP) is 3.31. The zero-order valence-electron chi connectivity index (χ0n) is 11.4. The summed E-state index contributed by atoms with van der Waals surface area (Å²) in [6.07, 6.45) is 4.40. The first-order valence-corrected chi connectivity index (χ1v) is 7.37. The van der Waals surface area contributed by atoms with Crippen molar-refractivity contribution in [2.24, 2.45) is 5.73 Å². The van der Waals surface area contributed by atoms with E-state index < -0.39 is 0 Å². The quantitative estimate of drug-likeness (QED) is 0.840. The lowest BCUT2D eigenvalue weighted by Crippen LogP contribution is -2.50. The van der Waals surface area contributed by atoms with Crippen molar-refractivity contribution < 1.29 is 4.74 Å². The lowest BCUT2D eigenvalue weighted by molar-refractivity contribution is -0.0635. The minimum absolute atomic E-state index is 0.0267. The number of pyridine rings is 1. The second-order valence-corrected chi connectivity index (χ2v) is 5.40. The van der Waals surface area contributed by atoms with Crippen LogP contribution >= 0.6 is 15.9 Å². The summed E-state index contributed by atoms with van der Waals surface area (Å²) in [6, 6.07) is 3.97. The molecule has 1 unspecified atom stereocenters. The van der Waals surface area contributed by atoms with Gasteiger partial charge >= 0.3 is 0 Å². The van der Waals surface area contributed by atoms with Gasteiger partial charge in [-0.15, -0.1) is 0 Å². The summed E-state index contributed by atoms with van der Waals surface area (Å²) in [6.45, 7) is 6.98. The molecule has 0 saturated heterocycles. The number of halogens is 1. The van der Waals surface area contributed by atoms with Crippen molar-refractivity contribution in [3.8, 4) is 0 Å². The maximum Gasteiger partial charge on any atom is 0.0831 e. The van der Waals surface area contributed by atoms with Gasteiger partial charge in [-0.05, 0) is 47.8 Å². The minimum Gasteiger partial charge on any atom is -0.374 e. The third-order valence-corrected chi connectivity index (χ3v) is 3.99. The first-order valence-electron chi connectivity index (χ1n) is 6.58. The number of aromatic nitrogens is 1. The van der Waals surface area contributed by atoms with Gasteiger partial charge in [-0.2, -0.15) is 0 Å². The second-order valence-electron chi connectivity index (χ2n) is 4.48. The van der Waals surface area contributed by atoms with Crippen molar-refractivity contribution >= 4 is 15.9 Å². The van der Waals surface area contributed by atoms with Gasteiger partial charge < -0.3 is 10.5 Å². The van der Waals surface area contributed by atoms with Crippen molar-refractivity contribution in [1.82, 2.24) is 4.98 Å². The Labute approximate surface area is 118 Å². The highest BCUT2D eigenvalue weighted by Gasteiger charge is 2.34. The molecule has 3 nitrogen and oxygen atoms in total. The summed E-state index contributed by atoms with van der Waals surface area (Å²) in [5, 5.41) is 0. The number of nitrogens with zero attached hydrogens (tertiary/aromatic N) is 1. The summed E-state index contributed by atoms with van der Waals surface area (Å²) < 4.78 is 6.91. The fourth-order valence-electron chi connectivity index (χ4n) is 2.31. The van der Waals surface area contributed by atoms with E-state index >= 15 is 0 Å². The molecular formula is C14H23BrN2O. The summed E-state index contributed by atoms with van der Waals surface area (Å²) in [4.78, 5) is 4.38. The van der Waals surface area contributed by atoms with E-state index in [-0.39, 0.29) is 11.6 Å². The molecule has 0 bridgehead atoms. The Hall–Kier alpha value is -0.450. The van der Waals surface area contributed by atoms with E-state index in [9.17, 15) is 0 Å². The van der Waals surface area contributed by atoms with Gasteiger partial charge in [0.1, 0.15) is 0 Å².